The van der Waals surface area contributed by atoms with Crippen LogP contribution >= 0.6 is 27.3 Å². The maximum atomic E-state index is 12.3. The van der Waals surface area contributed by atoms with E-state index in [0.29, 0.717) is 18.7 Å². The van der Waals surface area contributed by atoms with Gasteiger partial charge in [0.05, 0.1) is 9.35 Å². The van der Waals surface area contributed by atoms with Gasteiger partial charge in [-0.3, -0.25) is 9.59 Å². The molecule has 0 saturated carbocycles. The Hall–Kier alpha value is -0.880. The number of halogens is 1. The van der Waals surface area contributed by atoms with Crippen molar-refractivity contribution in [2.75, 3.05) is 13.1 Å². The minimum absolute atomic E-state index is 0.0909. The summed E-state index contributed by atoms with van der Waals surface area (Å²) in [6, 6.07) is 1.79. The Morgan fingerprint density at radius 1 is 1.59 bits per heavy atom. The molecule has 1 N–H and O–H groups in total. The van der Waals surface area contributed by atoms with Crippen molar-refractivity contribution in [3.05, 3.63) is 20.8 Å². The maximum absolute atomic E-state index is 12.3. The van der Waals surface area contributed by atoms with Gasteiger partial charge in [-0.15, -0.1) is 11.3 Å². The topological polar surface area (TPSA) is 49.4 Å². The molecule has 2 amide bonds. The number of rotatable bonds is 1. The number of hydrogen-bond acceptors (Lipinski definition) is 3. The number of amides is 2. The Morgan fingerprint density at radius 2 is 2.29 bits per heavy atom. The predicted octanol–water partition coefficient (Wildman–Crippen LogP) is 1.86. The molecule has 0 aromatic carbocycles. The van der Waals surface area contributed by atoms with Crippen LogP contribution < -0.4 is 5.32 Å². The van der Waals surface area contributed by atoms with E-state index in [2.05, 4.69) is 21.2 Å². The van der Waals surface area contributed by atoms with Crippen LogP contribution in [0.4, 0.5) is 0 Å². The lowest BCUT2D eigenvalue weighted by atomic mass is 9.98. The molecule has 2 rings (SSSR count). The first-order valence-electron chi connectivity index (χ1n) is 5.27. The van der Waals surface area contributed by atoms with E-state index < -0.39 is 5.54 Å². The zero-order valence-corrected chi connectivity index (χ0v) is 12.0. The van der Waals surface area contributed by atoms with Gasteiger partial charge in [0.15, 0.2) is 0 Å². The van der Waals surface area contributed by atoms with Gasteiger partial charge < -0.3 is 10.2 Å². The summed E-state index contributed by atoms with van der Waals surface area (Å²) in [4.78, 5) is 25.7. The molecule has 0 aliphatic carbocycles. The summed E-state index contributed by atoms with van der Waals surface area (Å²) >= 11 is 4.80. The van der Waals surface area contributed by atoms with Gasteiger partial charge >= 0.3 is 0 Å². The number of carbonyl (C=O) groups excluding carboxylic acids is 2. The molecule has 1 aromatic rings. The van der Waals surface area contributed by atoms with Crippen molar-refractivity contribution in [1.82, 2.24) is 10.2 Å². The van der Waals surface area contributed by atoms with Crippen LogP contribution in [0, 0.1) is 0 Å². The molecule has 0 atom stereocenters. The highest BCUT2D eigenvalue weighted by Crippen LogP contribution is 2.25. The number of nitrogens with one attached hydrogen (secondary N) is 1. The second-order valence-corrected chi connectivity index (χ2v) is 6.70. The average molecular weight is 317 g/mol. The SMILES string of the molecule is CC1(C)C(=O)NCCN1C(=O)c1csc(Br)c1. The van der Waals surface area contributed by atoms with Crippen molar-refractivity contribution < 1.29 is 9.59 Å². The highest BCUT2D eigenvalue weighted by Gasteiger charge is 2.40. The van der Waals surface area contributed by atoms with Gasteiger partial charge in [-0.05, 0) is 35.8 Å². The molecule has 17 heavy (non-hydrogen) atoms. The number of thiophene rings is 1. The first-order chi connectivity index (χ1) is 7.93. The molecule has 4 nitrogen and oxygen atoms in total. The lowest BCUT2D eigenvalue weighted by Crippen LogP contribution is -2.63. The van der Waals surface area contributed by atoms with Gasteiger partial charge in [0.2, 0.25) is 5.91 Å². The molecule has 1 aliphatic rings. The van der Waals surface area contributed by atoms with Crippen LogP contribution in [-0.2, 0) is 4.79 Å². The van der Waals surface area contributed by atoms with Crippen molar-refractivity contribution in [2.45, 2.75) is 19.4 Å². The minimum atomic E-state index is -0.788. The molecule has 0 bridgehead atoms. The standard InChI is InChI=1S/C11H13BrN2O2S/c1-11(2)10(16)13-3-4-14(11)9(15)7-5-8(12)17-6-7/h5-6H,3-4H2,1-2H3,(H,13,16). The highest BCUT2D eigenvalue weighted by molar-refractivity contribution is 9.11. The summed E-state index contributed by atoms with van der Waals surface area (Å²) in [5.41, 5.74) is -0.159. The second-order valence-electron chi connectivity index (χ2n) is 4.41. The van der Waals surface area contributed by atoms with Crippen LogP contribution in [0.2, 0.25) is 0 Å². The van der Waals surface area contributed by atoms with Gasteiger partial charge in [0.25, 0.3) is 5.91 Å². The third-order valence-corrected chi connectivity index (χ3v) is 4.42. The first-order valence-corrected chi connectivity index (χ1v) is 6.94. The summed E-state index contributed by atoms with van der Waals surface area (Å²) in [7, 11) is 0. The summed E-state index contributed by atoms with van der Waals surface area (Å²) < 4.78 is 0.917. The van der Waals surface area contributed by atoms with E-state index in [1.54, 1.807) is 30.2 Å². The number of carbonyl (C=O) groups is 2. The monoisotopic (exact) mass is 316 g/mol. The average Bonchev–Trinajstić information content (AvgIpc) is 2.68. The summed E-state index contributed by atoms with van der Waals surface area (Å²) in [6.07, 6.45) is 0. The van der Waals surface area contributed by atoms with Crippen molar-refractivity contribution >= 4 is 39.1 Å². The third-order valence-electron chi connectivity index (χ3n) is 2.91. The fourth-order valence-corrected chi connectivity index (χ4v) is 2.96. The van der Waals surface area contributed by atoms with E-state index in [4.69, 9.17) is 0 Å². The molecule has 1 aromatic heterocycles. The van der Waals surface area contributed by atoms with E-state index in [1.807, 2.05) is 0 Å². The van der Waals surface area contributed by atoms with E-state index in [9.17, 15) is 9.59 Å². The third kappa shape index (κ3) is 2.24. The van der Waals surface area contributed by atoms with Crippen LogP contribution in [0.5, 0.6) is 0 Å². The summed E-state index contributed by atoms with van der Waals surface area (Å²) in [5.74, 6) is -0.196. The fourth-order valence-electron chi connectivity index (χ4n) is 1.83. The molecule has 0 radical (unpaired) electrons. The van der Waals surface area contributed by atoms with Crippen LogP contribution in [0.25, 0.3) is 0 Å². The van der Waals surface area contributed by atoms with E-state index in [1.165, 1.54) is 11.3 Å². The summed E-state index contributed by atoms with van der Waals surface area (Å²) in [5, 5.41) is 4.57. The van der Waals surface area contributed by atoms with Crippen LogP contribution in [0.15, 0.2) is 15.2 Å². The van der Waals surface area contributed by atoms with E-state index >= 15 is 0 Å². The smallest absolute Gasteiger partial charge is 0.255 e. The number of piperazine rings is 1. The molecule has 92 valence electrons. The molecular weight excluding hydrogens is 304 g/mol. The van der Waals surface area contributed by atoms with Crippen LogP contribution in [-0.4, -0.2) is 35.3 Å². The number of nitrogens with zero attached hydrogens (tertiary/aromatic N) is 1. The Labute approximate surface area is 112 Å². The maximum Gasteiger partial charge on any atom is 0.255 e. The molecule has 1 fully saturated rings. The van der Waals surface area contributed by atoms with E-state index in [0.717, 1.165) is 3.79 Å². The Morgan fingerprint density at radius 3 is 2.88 bits per heavy atom. The van der Waals surface area contributed by atoms with Gasteiger partial charge in [-0.25, -0.2) is 0 Å². The largest absolute Gasteiger partial charge is 0.352 e. The van der Waals surface area contributed by atoms with Crippen molar-refractivity contribution in [2.24, 2.45) is 0 Å². The van der Waals surface area contributed by atoms with Crippen molar-refractivity contribution in [3.63, 3.8) is 0 Å². The fraction of sp³-hybridized carbons (Fsp3) is 0.455. The lowest BCUT2D eigenvalue weighted by Gasteiger charge is -2.41. The van der Waals surface area contributed by atoms with Gasteiger partial charge in [0.1, 0.15) is 5.54 Å². The van der Waals surface area contributed by atoms with Crippen molar-refractivity contribution in [3.8, 4) is 0 Å². The minimum Gasteiger partial charge on any atom is -0.352 e. The Kier molecular flexibility index (Phi) is 3.27. The predicted molar refractivity (Wildman–Crippen MR) is 70.1 cm³/mol. The lowest BCUT2D eigenvalue weighted by molar-refractivity contribution is -0.133. The van der Waals surface area contributed by atoms with Gasteiger partial charge in [-0.2, -0.15) is 0 Å². The first kappa shape index (κ1) is 12.6. The summed E-state index contributed by atoms with van der Waals surface area (Å²) in [6.45, 7) is 4.59. The van der Waals surface area contributed by atoms with Crippen molar-refractivity contribution in [1.29, 1.82) is 0 Å². The molecule has 0 unspecified atom stereocenters. The van der Waals surface area contributed by atoms with Gasteiger partial charge in [-0.1, -0.05) is 0 Å². The molecular formula is C11H13BrN2O2S. The van der Waals surface area contributed by atoms with E-state index in [-0.39, 0.29) is 11.8 Å². The second kappa shape index (κ2) is 4.42. The quantitative estimate of drug-likeness (QED) is 0.859. The van der Waals surface area contributed by atoms with Gasteiger partial charge in [0, 0.05) is 18.5 Å². The highest BCUT2D eigenvalue weighted by atomic mass is 79.9. The molecule has 6 heteroatoms. The molecule has 0 spiro atoms. The number of hydrogen-bond donors (Lipinski definition) is 1. The van der Waals surface area contributed by atoms with Crippen LogP contribution in [0.1, 0.15) is 24.2 Å². The normalized spacial score (nSPS) is 19.0. The molecule has 1 aliphatic heterocycles. The van der Waals surface area contributed by atoms with Crippen LogP contribution in [0.3, 0.4) is 0 Å². The molecule has 1 saturated heterocycles. The zero-order valence-electron chi connectivity index (χ0n) is 9.62. The molecule has 2 heterocycles. The Balaban J connectivity index is 2.27. The Bertz CT molecular complexity index is 470. The zero-order chi connectivity index (χ0) is 12.6.